The molecule has 2 aromatic carbocycles. The Balaban J connectivity index is 1.62. The number of carbonyl (C=O) groups is 1. The van der Waals surface area contributed by atoms with E-state index in [2.05, 4.69) is 10.2 Å². The molecule has 3 aromatic rings. The number of aryl methyl sites for hydroxylation is 1. The zero-order chi connectivity index (χ0) is 21.7. The third-order valence-corrected chi connectivity index (χ3v) is 6.36. The van der Waals surface area contributed by atoms with Gasteiger partial charge in [-0.25, -0.2) is 9.18 Å². The third-order valence-electron chi connectivity index (χ3n) is 4.20. The molecular formula is C22H23FN2O3S2. The highest BCUT2D eigenvalue weighted by atomic mass is 32.2. The van der Waals surface area contributed by atoms with Crippen molar-refractivity contribution in [2.45, 2.75) is 43.9 Å². The minimum absolute atomic E-state index is 0.271. The average molecular weight is 447 g/mol. The van der Waals surface area contributed by atoms with Gasteiger partial charge in [-0.05, 0) is 75.7 Å². The lowest BCUT2D eigenvalue weighted by Crippen LogP contribution is -2.39. The van der Waals surface area contributed by atoms with E-state index in [4.69, 9.17) is 9.47 Å². The van der Waals surface area contributed by atoms with Gasteiger partial charge in [0, 0.05) is 10.5 Å². The molecule has 8 heteroatoms. The highest BCUT2D eigenvalue weighted by Gasteiger charge is 2.32. The molecule has 0 saturated heterocycles. The fourth-order valence-corrected chi connectivity index (χ4v) is 4.44. The molecule has 0 aliphatic carbocycles. The van der Waals surface area contributed by atoms with Crippen LogP contribution in [0.4, 0.5) is 4.39 Å². The van der Waals surface area contributed by atoms with Gasteiger partial charge in [-0.15, -0.1) is 22.0 Å². The maximum atomic E-state index is 13.1. The predicted octanol–water partition coefficient (Wildman–Crippen LogP) is 5.67. The van der Waals surface area contributed by atoms with Crippen molar-refractivity contribution >= 4 is 29.1 Å². The van der Waals surface area contributed by atoms with Crippen LogP contribution in [-0.2, 0) is 15.3 Å². The zero-order valence-corrected chi connectivity index (χ0v) is 18.9. The topological polar surface area (TPSA) is 61.3 Å². The van der Waals surface area contributed by atoms with Crippen LogP contribution in [0.15, 0.2) is 47.4 Å². The van der Waals surface area contributed by atoms with Crippen LogP contribution in [0.25, 0.3) is 10.6 Å². The van der Waals surface area contributed by atoms with Gasteiger partial charge in [-0.3, -0.25) is 0 Å². The van der Waals surface area contributed by atoms with Crippen molar-refractivity contribution in [3.8, 4) is 16.3 Å². The van der Waals surface area contributed by atoms with Gasteiger partial charge in [0.2, 0.25) is 0 Å². The van der Waals surface area contributed by atoms with Gasteiger partial charge in [0.15, 0.2) is 5.60 Å². The quantitative estimate of drug-likeness (QED) is 0.328. The number of ether oxygens (including phenoxy) is 2. The van der Waals surface area contributed by atoms with Gasteiger partial charge in [-0.1, -0.05) is 11.3 Å². The molecule has 0 aliphatic rings. The Kier molecular flexibility index (Phi) is 7.10. The van der Waals surface area contributed by atoms with Crippen molar-refractivity contribution in [2.75, 3.05) is 6.61 Å². The average Bonchev–Trinajstić information content (AvgIpc) is 3.18. The van der Waals surface area contributed by atoms with E-state index in [0.717, 1.165) is 26.0 Å². The Morgan fingerprint density at radius 3 is 2.57 bits per heavy atom. The molecule has 1 aromatic heterocycles. The van der Waals surface area contributed by atoms with Crippen LogP contribution in [0, 0.1) is 12.7 Å². The second-order valence-corrected chi connectivity index (χ2v) is 9.17. The van der Waals surface area contributed by atoms with Crippen molar-refractivity contribution in [2.24, 2.45) is 0 Å². The van der Waals surface area contributed by atoms with Gasteiger partial charge in [-0.2, -0.15) is 0 Å². The monoisotopic (exact) mass is 446 g/mol. The van der Waals surface area contributed by atoms with Gasteiger partial charge >= 0.3 is 5.97 Å². The van der Waals surface area contributed by atoms with Crippen LogP contribution in [0.1, 0.15) is 31.3 Å². The summed E-state index contributed by atoms with van der Waals surface area (Å²) in [4.78, 5) is 13.1. The summed E-state index contributed by atoms with van der Waals surface area (Å²) in [6.07, 6.45) is 0. The Hall–Kier alpha value is -2.45. The van der Waals surface area contributed by atoms with E-state index in [1.54, 1.807) is 44.7 Å². The standard InChI is InChI=1S/C22H23FN2O3S2/c1-5-27-21(26)22(3,4)28-18-11-10-17(12-14(18)2)29-13-19-24-25-20(30-19)15-6-8-16(23)9-7-15/h6-12H,5,13H2,1-4H3. The van der Waals surface area contributed by atoms with Gasteiger partial charge < -0.3 is 9.47 Å². The van der Waals surface area contributed by atoms with Crippen LogP contribution < -0.4 is 4.74 Å². The summed E-state index contributed by atoms with van der Waals surface area (Å²) in [6, 6.07) is 12.1. The van der Waals surface area contributed by atoms with Crippen molar-refractivity contribution in [3.05, 3.63) is 58.9 Å². The van der Waals surface area contributed by atoms with E-state index in [0.29, 0.717) is 18.1 Å². The maximum Gasteiger partial charge on any atom is 0.349 e. The molecule has 0 saturated carbocycles. The van der Waals surface area contributed by atoms with Crippen molar-refractivity contribution in [1.29, 1.82) is 0 Å². The zero-order valence-electron chi connectivity index (χ0n) is 17.3. The highest BCUT2D eigenvalue weighted by Crippen LogP contribution is 2.32. The lowest BCUT2D eigenvalue weighted by atomic mass is 10.1. The molecule has 0 N–H and O–H groups in total. The number of carbonyl (C=O) groups excluding carboxylic acids is 1. The smallest absolute Gasteiger partial charge is 0.349 e. The molecule has 0 unspecified atom stereocenters. The first-order valence-corrected chi connectivity index (χ1v) is 11.3. The Morgan fingerprint density at radius 1 is 1.17 bits per heavy atom. The summed E-state index contributed by atoms with van der Waals surface area (Å²) in [5.74, 6) is 0.655. The molecule has 5 nitrogen and oxygen atoms in total. The Bertz CT molecular complexity index is 1020. The van der Waals surface area contributed by atoms with Crippen molar-refractivity contribution in [3.63, 3.8) is 0 Å². The maximum absolute atomic E-state index is 13.1. The fraction of sp³-hybridized carbons (Fsp3) is 0.318. The summed E-state index contributed by atoms with van der Waals surface area (Å²) >= 11 is 3.13. The van der Waals surface area contributed by atoms with Crippen molar-refractivity contribution < 1.29 is 18.7 Å². The molecule has 0 radical (unpaired) electrons. The van der Waals surface area contributed by atoms with Gasteiger partial charge in [0.25, 0.3) is 0 Å². The van der Waals surface area contributed by atoms with E-state index in [9.17, 15) is 9.18 Å². The van der Waals surface area contributed by atoms with E-state index >= 15 is 0 Å². The molecule has 3 rings (SSSR count). The van der Waals surface area contributed by atoms with Crippen LogP contribution in [-0.4, -0.2) is 28.4 Å². The molecule has 0 bridgehead atoms. The molecule has 0 aliphatic heterocycles. The van der Waals surface area contributed by atoms with Gasteiger partial charge in [0.1, 0.15) is 21.6 Å². The summed E-state index contributed by atoms with van der Waals surface area (Å²) in [5, 5.41) is 10.1. The first kappa shape index (κ1) is 22.2. The van der Waals surface area contributed by atoms with Crippen molar-refractivity contribution in [1.82, 2.24) is 10.2 Å². The van der Waals surface area contributed by atoms with Crippen LogP contribution in [0.3, 0.4) is 0 Å². The lowest BCUT2D eigenvalue weighted by molar-refractivity contribution is -0.158. The molecule has 0 atom stereocenters. The number of benzene rings is 2. The summed E-state index contributed by atoms with van der Waals surface area (Å²) in [5.41, 5.74) is 0.729. The molecule has 0 fully saturated rings. The minimum Gasteiger partial charge on any atom is -0.476 e. The van der Waals surface area contributed by atoms with Crippen LogP contribution in [0.5, 0.6) is 5.75 Å². The molecule has 0 spiro atoms. The Morgan fingerprint density at radius 2 is 1.90 bits per heavy atom. The van der Waals surface area contributed by atoms with Gasteiger partial charge in [0.05, 0.1) is 12.4 Å². The molecule has 1 heterocycles. The molecule has 158 valence electrons. The predicted molar refractivity (Wildman–Crippen MR) is 117 cm³/mol. The third kappa shape index (κ3) is 5.58. The summed E-state index contributed by atoms with van der Waals surface area (Å²) < 4.78 is 24.0. The SMILES string of the molecule is CCOC(=O)C(C)(C)Oc1ccc(SCc2nnc(-c3ccc(F)cc3)s2)cc1C. The number of esters is 1. The van der Waals surface area contributed by atoms with E-state index < -0.39 is 11.6 Å². The first-order valence-electron chi connectivity index (χ1n) is 9.46. The minimum atomic E-state index is -1.06. The number of hydrogen-bond donors (Lipinski definition) is 0. The molecule has 30 heavy (non-hydrogen) atoms. The Labute approximate surface area is 183 Å². The second kappa shape index (κ2) is 9.57. The lowest BCUT2D eigenvalue weighted by Gasteiger charge is -2.25. The van der Waals surface area contributed by atoms with E-state index in [1.165, 1.54) is 23.5 Å². The van der Waals surface area contributed by atoms with Crippen LogP contribution >= 0.6 is 23.1 Å². The summed E-state index contributed by atoms with van der Waals surface area (Å²) in [7, 11) is 0. The van der Waals surface area contributed by atoms with Crippen LogP contribution in [0.2, 0.25) is 0 Å². The number of halogens is 1. The first-order chi connectivity index (χ1) is 14.3. The molecular weight excluding hydrogens is 423 g/mol. The largest absolute Gasteiger partial charge is 0.476 e. The number of aromatic nitrogens is 2. The normalized spacial score (nSPS) is 11.4. The number of nitrogens with zero attached hydrogens (tertiary/aromatic N) is 2. The number of hydrogen-bond acceptors (Lipinski definition) is 7. The highest BCUT2D eigenvalue weighted by molar-refractivity contribution is 7.98. The van der Waals surface area contributed by atoms with E-state index in [-0.39, 0.29) is 5.82 Å². The number of thioether (sulfide) groups is 1. The number of rotatable bonds is 8. The van der Waals surface area contributed by atoms with E-state index in [1.807, 2.05) is 25.1 Å². The fourth-order valence-electron chi connectivity index (χ4n) is 2.61. The summed E-state index contributed by atoms with van der Waals surface area (Å²) in [6.45, 7) is 7.42. The second-order valence-electron chi connectivity index (χ2n) is 7.06. The molecule has 0 amide bonds.